The van der Waals surface area contributed by atoms with Crippen molar-refractivity contribution in [2.75, 3.05) is 6.38 Å². The van der Waals surface area contributed by atoms with Crippen LogP contribution in [0.15, 0.2) is 0 Å². The Kier molecular flexibility index (Phi) is 125. The van der Waals surface area contributed by atoms with Crippen LogP contribution in [0.1, 0.15) is 0 Å². The molecule has 0 spiro atoms. The molecule has 0 aromatic rings. The molecule has 8 heavy (non-hydrogen) atoms. The molecule has 0 atom stereocenters. The number of hydrogen-bond donors (Lipinski definition) is 2. The van der Waals surface area contributed by atoms with E-state index in [9.17, 15) is 0 Å². The van der Waals surface area contributed by atoms with Gasteiger partial charge in [-0.1, -0.05) is 25.3 Å². The monoisotopic (exact) mass is 168 g/mol. The fraction of sp³-hybridized carbons (Fsp3) is 0.333. The van der Waals surface area contributed by atoms with Gasteiger partial charge in [-0.3, -0.25) is 0 Å². The number of nitriles is 2. The van der Waals surface area contributed by atoms with Crippen LogP contribution in [0.3, 0.4) is 0 Å². The Morgan fingerprint density at radius 1 is 1.12 bits per heavy atom. The predicted octanol–water partition coefficient (Wildman–Crippen LogP) is 1.65. The van der Waals surface area contributed by atoms with Crippen LogP contribution in [-0.2, 0) is 0 Å². The van der Waals surface area contributed by atoms with Crippen LogP contribution in [0.25, 0.3) is 0 Å². The molecule has 0 saturated heterocycles. The summed E-state index contributed by atoms with van der Waals surface area (Å²) in [6, 6.07) is 0. The summed E-state index contributed by atoms with van der Waals surface area (Å²) in [7, 11) is 0. The van der Waals surface area contributed by atoms with Gasteiger partial charge in [-0.15, -0.1) is 11.6 Å². The summed E-state index contributed by atoms with van der Waals surface area (Å²) < 4.78 is 0. The number of thiocyanates is 2. The van der Waals surface area contributed by atoms with Gasteiger partial charge in [0.1, 0.15) is 10.8 Å². The Labute approximate surface area is 64.9 Å². The van der Waals surface area contributed by atoms with E-state index >= 15 is 0 Å². The van der Waals surface area contributed by atoms with Gasteiger partial charge in [0.05, 0.1) is 0 Å². The average Bonchev–Trinajstić information content (AvgIpc) is 1.75. The summed E-state index contributed by atoms with van der Waals surface area (Å²) in [5.41, 5.74) is 0. The predicted molar refractivity (Wildman–Crippen MR) is 41.0 cm³/mol. The first kappa shape index (κ1) is 15.7. The first-order valence-electron chi connectivity index (χ1n) is 1.27. The number of halogens is 1. The summed E-state index contributed by atoms with van der Waals surface area (Å²) in [4.78, 5) is 0. The molecular formula is C3H5ClN2S2. The summed E-state index contributed by atoms with van der Waals surface area (Å²) in [5, 5.41) is 17.3. The van der Waals surface area contributed by atoms with Crippen LogP contribution >= 0.6 is 36.9 Å². The molecule has 0 aromatic carbocycles. The van der Waals surface area contributed by atoms with E-state index in [-0.39, 0.29) is 0 Å². The van der Waals surface area contributed by atoms with E-state index in [1.165, 1.54) is 17.2 Å². The van der Waals surface area contributed by atoms with Crippen molar-refractivity contribution < 1.29 is 0 Å². The Bertz CT molecular complexity index is 70.3. The van der Waals surface area contributed by atoms with E-state index in [2.05, 4.69) is 36.9 Å². The van der Waals surface area contributed by atoms with Crippen LogP contribution in [0.2, 0.25) is 0 Å². The Balaban J connectivity index is -0.0000000483. The molecule has 0 saturated carbocycles. The molecule has 0 amide bonds. The highest BCUT2D eigenvalue weighted by Crippen LogP contribution is 1.46. The van der Waals surface area contributed by atoms with Gasteiger partial charge in [0, 0.05) is 6.38 Å². The lowest BCUT2D eigenvalue weighted by molar-refractivity contribution is 1.57. The zero-order valence-corrected chi connectivity index (χ0v) is 6.71. The van der Waals surface area contributed by atoms with Gasteiger partial charge in [-0.05, 0) is 0 Å². The third-order valence-corrected chi connectivity index (χ3v) is 0. The summed E-state index contributed by atoms with van der Waals surface area (Å²) in [5.74, 6) is 0. The molecule has 0 unspecified atom stereocenters. The van der Waals surface area contributed by atoms with Gasteiger partial charge in [-0.2, -0.15) is 10.5 Å². The Hall–Kier alpha value is -0.0300. The molecule has 0 rings (SSSR count). The highest BCUT2D eigenvalue weighted by Gasteiger charge is 1.18. The SMILES string of the molecule is CCl.N#CS.N#CS. The molecule has 0 aliphatic carbocycles. The van der Waals surface area contributed by atoms with E-state index in [1.807, 2.05) is 0 Å². The minimum Gasteiger partial charge on any atom is -0.185 e. The smallest absolute Gasteiger partial charge is 0.130 e. The van der Waals surface area contributed by atoms with Gasteiger partial charge >= 0.3 is 0 Å². The molecule has 0 aliphatic heterocycles. The van der Waals surface area contributed by atoms with Crippen molar-refractivity contribution in [2.24, 2.45) is 0 Å². The lowest BCUT2D eigenvalue weighted by Gasteiger charge is -1.14. The lowest BCUT2D eigenvalue weighted by Crippen LogP contribution is -0.961. The van der Waals surface area contributed by atoms with Gasteiger partial charge in [0.15, 0.2) is 0 Å². The second-order valence-corrected chi connectivity index (χ2v) is 0.600. The maximum absolute atomic E-state index is 7.18. The van der Waals surface area contributed by atoms with E-state index < -0.39 is 0 Å². The minimum atomic E-state index is 1.44. The molecule has 0 N–H and O–H groups in total. The van der Waals surface area contributed by atoms with E-state index in [0.29, 0.717) is 0 Å². The fourth-order valence-electron chi connectivity index (χ4n) is 0. The van der Waals surface area contributed by atoms with Crippen molar-refractivity contribution in [1.82, 2.24) is 0 Å². The van der Waals surface area contributed by atoms with Gasteiger partial charge in [-0.25, -0.2) is 0 Å². The van der Waals surface area contributed by atoms with Crippen LogP contribution in [-0.4, -0.2) is 6.38 Å². The maximum Gasteiger partial charge on any atom is 0.130 e. The zero-order chi connectivity index (χ0) is 7.41. The molecule has 0 aliphatic rings. The molecule has 0 fully saturated rings. The molecule has 0 aromatic heterocycles. The third-order valence-electron chi connectivity index (χ3n) is 0. The minimum absolute atomic E-state index is 1.44. The highest BCUT2D eigenvalue weighted by atomic mass is 35.5. The van der Waals surface area contributed by atoms with Crippen LogP contribution in [0.4, 0.5) is 0 Å². The second-order valence-electron chi connectivity index (χ2n) is 0.200. The van der Waals surface area contributed by atoms with Crippen molar-refractivity contribution in [3.05, 3.63) is 0 Å². The molecule has 5 heteroatoms. The molecule has 0 bridgehead atoms. The topological polar surface area (TPSA) is 47.6 Å². The molecule has 0 radical (unpaired) electrons. The molecular weight excluding hydrogens is 164 g/mol. The van der Waals surface area contributed by atoms with Crippen LogP contribution in [0.5, 0.6) is 0 Å². The number of alkyl halides is 1. The second kappa shape index (κ2) is 64.0. The molecule has 0 heterocycles. The van der Waals surface area contributed by atoms with Crippen molar-refractivity contribution in [2.45, 2.75) is 0 Å². The quantitative estimate of drug-likeness (QED) is 0.328. The lowest BCUT2D eigenvalue weighted by atomic mass is 11.8. The van der Waals surface area contributed by atoms with Crippen LogP contribution in [0, 0.1) is 21.3 Å². The van der Waals surface area contributed by atoms with Crippen molar-refractivity contribution in [1.29, 1.82) is 10.5 Å². The summed E-state index contributed by atoms with van der Waals surface area (Å²) >= 11 is 10.8. The normalized spacial score (nSPS) is 2.75. The van der Waals surface area contributed by atoms with E-state index in [0.717, 1.165) is 0 Å². The zero-order valence-electron chi connectivity index (χ0n) is 4.17. The highest BCUT2D eigenvalue weighted by molar-refractivity contribution is 7.85. The number of rotatable bonds is 0. The standard InChI is InChI=1S/CH3Cl.2CHNS/c1-2;2*2-1-3/h1H3;2*3H. The number of nitrogens with zero attached hydrogens (tertiary/aromatic N) is 2. The molecule has 46 valence electrons. The third kappa shape index (κ3) is 164000. The first-order valence-corrected chi connectivity index (χ1v) is 2.92. The fourth-order valence-corrected chi connectivity index (χ4v) is 0. The Morgan fingerprint density at radius 2 is 1.12 bits per heavy atom. The van der Waals surface area contributed by atoms with Gasteiger partial charge < -0.3 is 0 Å². The van der Waals surface area contributed by atoms with Crippen molar-refractivity contribution in [3.63, 3.8) is 0 Å². The van der Waals surface area contributed by atoms with Gasteiger partial charge in [0.25, 0.3) is 0 Å². The van der Waals surface area contributed by atoms with Gasteiger partial charge in [0.2, 0.25) is 0 Å². The number of hydrogen-bond acceptors (Lipinski definition) is 4. The maximum atomic E-state index is 7.18. The van der Waals surface area contributed by atoms with E-state index in [4.69, 9.17) is 10.5 Å². The average molecular weight is 169 g/mol. The summed E-state index contributed by atoms with van der Waals surface area (Å²) in [6.45, 7) is 0. The Morgan fingerprint density at radius 3 is 1.12 bits per heavy atom. The first-order chi connectivity index (χ1) is 3.83. The van der Waals surface area contributed by atoms with Crippen molar-refractivity contribution >= 4 is 36.9 Å². The van der Waals surface area contributed by atoms with Crippen molar-refractivity contribution in [3.8, 4) is 10.8 Å². The van der Waals surface area contributed by atoms with Crippen LogP contribution < -0.4 is 0 Å². The number of thiol groups is 2. The van der Waals surface area contributed by atoms with E-state index in [1.54, 1.807) is 0 Å². The molecule has 2 nitrogen and oxygen atoms in total. The largest absolute Gasteiger partial charge is 0.185 e. The summed E-state index contributed by atoms with van der Waals surface area (Å²) in [6.07, 6.45) is 1.47.